The quantitative estimate of drug-likeness (QED) is 0.316. The summed E-state index contributed by atoms with van der Waals surface area (Å²) in [5, 5.41) is 11.3. The Labute approximate surface area is 162 Å². The summed E-state index contributed by atoms with van der Waals surface area (Å²) in [7, 11) is 0. The summed E-state index contributed by atoms with van der Waals surface area (Å²) in [5.74, 6) is -0.776. The van der Waals surface area contributed by atoms with E-state index < -0.39 is 10.9 Å². The average Bonchev–Trinajstić information content (AvgIpc) is 2.81. The first kappa shape index (κ1) is 20.6. The highest BCUT2D eigenvalue weighted by Gasteiger charge is 2.37. The molecule has 144 valence electrons. The van der Waals surface area contributed by atoms with Crippen molar-refractivity contribution < 1.29 is 19.2 Å². The molecule has 27 heavy (non-hydrogen) atoms. The first-order chi connectivity index (χ1) is 12.7. The van der Waals surface area contributed by atoms with Crippen LogP contribution in [0.4, 0.5) is 5.69 Å². The fourth-order valence-corrected chi connectivity index (χ4v) is 3.00. The Bertz CT molecular complexity index is 858. The van der Waals surface area contributed by atoms with E-state index in [0.717, 1.165) is 0 Å². The molecule has 0 N–H and O–H groups in total. The zero-order valence-corrected chi connectivity index (χ0v) is 16.4. The number of amides is 1. The molecule has 1 aromatic rings. The van der Waals surface area contributed by atoms with E-state index >= 15 is 0 Å². The summed E-state index contributed by atoms with van der Waals surface area (Å²) in [6.45, 7) is 7.89. The molecule has 0 unspecified atom stereocenters. The summed E-state index contributed by atoms with van der Waals surface area (Å²) >= 11 is 6.15. The number of non-ortho nitro benzene ring substituents is 1. The number of esters is 1. The minimum atomic E-state index is -0.609. The third-order valence-corrected chi connectivity index (χ3v) is 4.37. The highest BCUT2D eigenvalue weighted by Crippen LogP contribution is 2.34. The molecule has 1 amide bonds. The first-order valence-electron chi connectivity index (χ1n) is 8.53. The molecule has 0 aliphatic carbocycles. The van der Waals surface area contributed by atoms with Gasteiger partial charge in [0.05, 0.1) is 22.7 Å². The summed E-state index contributed by atoms with van der Waals surface area (Å²) < 4.78 is 5.10. The van der Waals surface area contributed by atoms with Crippen molar-refractivity contribution in [1.82, 2.24) is 4.90 Å². The zero-order valence-electron chi connectivity index (χ0n) is 15.6. The first-order valence-corrected chi connectivity index (χ1v) is 8.91. The van der Waals surface area contributed by atoms with E-state index in [1.807, 2.05) is 13.8 Å². The smallest absolute Gasteiger partial charge is 0.340 e. The Morgan fingerprint density at radius 2 is 2.07 bits per heavy atom. The fraction of sp³-hybridized carbons (Fsp3) is 0.368. The van der Waals surface area contributed by atoms with Crippen LogP contribution in [0.5, 0.6) is 0 Å². The lowest BCUT2D eigenvalue weighted by Gasteiger charge is -2.19. The molecule has 2 rings (SSSR count). The van der Waals surface area contributed by atoms with E-state index in [1.165, 1.54) is 29.2 Å². The van der Waals surface area contributed by atoms with Crippen LogP contribution in [-0.4, -0.2) is 34.9 Å². The van der Waals surface area contributed by atoms with Crippen LogP contribution in [-0.2, 0) is 14.3 Å². The van der Waals surface area contributed by atoms with Crippen molar-refractivity contribution in [3.63, 3.8) is 0 Å². The second-order valence-corrected chi connectivity index (χ2v) is 6.92. The van der Waals surface area contributed by atoms with Gasteiger partial charge in [0.15, 0.2) is 0 Å². The van der Waals surface area contributed by atoms with Crippen molar-refractivity contribution in [1.29, 1.82) is 0 Å². The minimum absolute atomic E-state index is 0.119. The molecule has 0 fully saturated rings. The molecule has 8 heteroatoms. The number of ether oxygens (including phenoxy) is 1. The molecule has 0 saturated carbocycles. The molecule has 0 spiro atoms. The van der Waals surface area contributed by atoms with Crippen LogP contribution >= 0.6 is 11.6 Å². The van der Waals surface area contributed by atoms with Gasteiger partial charge >= 0.3 is 5.97 Å². The monoisotopic (exact) mass is 392 g/mol. The number of hydrogen-bond acceptors (Lipinski definition) is 5. The Morgan fingerprint density at radius 3 is 2.63 bits per heavy atom. The maximum atomic E-state index is 12.9. The van der Waals surface area contributed by atoms with Gasteiger partial charge in [-0.3, -0.25) is 14.9 Å². The second-order valence-electron chi connectivity index (χ2n) is 6.51. The number of nitro groups is 1. The van der Waals surface area contributed by atoms with Crippen molar-refractivity contribution in [3.05, 3.63) is 55.7 Å². The summed E-state index contributed by atoms with van der Waals surface area (Å²) in [6, 6.07) is 3.93. The van der Waals surface area contributed by atoms with Crippen molar-refractivity contribution in [3.8, 4) is 0 Å². The molecular weight excluding hydrogens is 372 g/mol. The van der Waals surface area contributed by atoms with E-state index in [-0.39, 0.29) is 45.9 Å². The number of allylic oxidation sites excluding steroid dienone is 1. The lowest BCUT2D eigenvalue weighted by Crippen LogP contribution is -2.28. The predicted octanol–water partition coefficient (Wildman–Crippen LogP) is 3.97. The Balaban J connectivity index is 2.60. The number of hydrogen-bond donors (Lipinski definition) is 0. The van der Waals surface area contributed by atoms with Crippen molar-refractivity contribution in [2.24, 2.45) is 5.92 Å². The molecule has 0 radical (unpaired) electrons. The van der Waals surface area contributed by atoms with Crippen LogP contribution in [0, 0.1) is 16.0 Å². The number of halogens is 1. The maximum absolute atomic E-state index is 12.9. The van der Waals surface area contributed by atoms with E-state index in [2.05, 4.69) is 0 Å². The third kappa shape index (κ3) is 4.36. The lowest BCUT2D eigenvalue weighted by atomic mass is 10.0. The molecule has 0 saturated heterocycles. The van der Waals surface area contributed by atoms with Gasteiger partial charge in [-0.25, -0.2) is 4.79 Å². The number of nitro benzene ring substituents is 1. The highest BCUT2D eigenvalue weighted by molar-refractivity contribution is 6.32. The number of benzene rings is 1. The molecule has 7 nitrogen and oxygen atoms in total. The summed E-state index contributed by atoms with van der Waals surface area (Å²) in [6.07, 6.45) is 1.41. The summed E-state index contributed by atoms with van der Waals surface area (Å²) in [5.41, 5.74) is 0.906. The highest BCUT2D eigenvalue weighted by atomic mass is 35.5. The van der Waals surface area contributed by atoms with Crippen LogP contribution < -0.4 is 0 Å². The molecule has 1 aliphatic rings. The number of carbonyl (C=O) groups excluding carboxylic acids is 2. The molecule has 0 aromatic heterocycles. The van der Waals surface area contributed by atoms with Gasteiger partial charge in [-0.1, -0.05) is 25.4 Å². The second kappa shape index (κ2) is 8.35. The van der Waals surface area contributed by atoms with Crippen LogP contribution in [0.3, 0.4) is 0 Å². The van der Waals surface area contributed by atoms with Crippen LogP contribution in [0.25, 0.3) is 6.08 Å². The van der Waals surface area contributed by atoms with Crippen molar-refractivity contribution >= 4 is 35.2 Å². The maximum Gasteiger partial charge on any atom is 0.340 e. The van der Waals surface area contributed by atoms with E-state index in [4.69, 9.17) is 16.3 Å². The lowest BCUT2D eigenvalue weighted by molar-refractivity contribution is -0.384. The fourth-order valence-electron chi connectivity index (χ4n) is 2.83. The van der Waals surface area contributed by atoms with Gasteiger partial charge in [-0.2, -0.15) is 0 Å². The predicted molar refractivity (Wildman–Crippen MR) is 102 cm³/mol. The van der Waals surface area contributed by atoms with Gasteiger partial charge in [0.2, 0.25) is 0 Å². The van der Waals surface area contributed by atoms with Gasteiger partial charge < -0.3 is 9.64 Å². The van der Waals surface area contributed by atoms with Crippen LogP contribution in [0.2, 0.25) is 5.02 Å². The summed E-state index contributed by atoms with van der Waals surface area (Å²) in [4.78, 5) is 37.4. The molecule has 1 aromatic carbocycles. The molecule has 0 bridgehead atoms. The Morgan fingerprint density at radius 1 is 1.41 bits per heavy atom. The molecule has 1 heterocycles. The van der Waals surface area contributed by atoms with Gasteiger partial charge in [-0.05, 0) is 31.9 Å². The van der Waals surface area contributed by atoms with Crippen molar-refractivity contribution in [2.75, 3.05) is 13.2 Å². The molecular formula is C19H21ClN2O5. The van der Waals surface area contributed by atoms with Crippen molar-refractivity contribution in [2.45, 2.75) is 27.7 Å². The van der Waals surface area contributed by atoms with E-state index in [1.54, 1.807) is 13.8 Å². The molecule has 1 aliphatic heterocycles. The van der Waals surface area contributed by atoms with Gasteiger partial charge in [0, 0.05) is 35.0 Å². The standard InChI is InChI=1S/C19H21ClN2O5/c1-5-27-19(24)17-12(4)21(10-11(2)3)18(23)15(17)9-13-8-14(22(25)26)6-7-16(13)20/h6-9,11H,5,10H2,1-4H3/b15-9-. The Hall–Kier alpha value is -2.67. The van der Waals surface area contributed by atoms with Gasteiger partial charge in [0.25, 0.3) is 11.6 Å². The van der Waals surface area contributed by atoms with Crippen LogP contribution in [0.15, 0.2) is 35.0 Å². The normalized spacial score (nSPS) is 15.9. The topological polar surface area (TPSA) is 89.8 Å². The van der Waals surface area contributed by atoms with Crippen LogP contribution in [0.1, 0.15) is 33.3 Å². The number of rotatable bonds is 6. The number of nitrogens with zero attached hydrogens (tertiary/aromatic N) is 2. The SMILES string of the molecule is CCOC(=O)C1=C(C)N(CC(C)C)C(=O)/C1=C\c1cc([N+](=O)[O-])ccc1Cl. The zero-order chi connectivity index (χ0) is 20.3. The van der Waals surface area contributed by atoms with E-state index in [9.17, 15) is 19.7 Å². The van der Waals surface area contributed by atoms with Gasteiger partial charge in [-0.15, -0.1) is 0 Å². The molecule has 0 atom stereocenters. The number of carbonyl (C=O) groups is 2. The average molecular weight is 393 g/mol. The minimum Gasteiger partial charge on any atom is -0.462 e. The Kier molecular flexibility index (Phi) is 6.38. The third-order valence-electron chi connectivity index (χ3n) is 4.03. The largest absolute Gasteiger partial charge is 0.462 e. The van der Waals surface area contributed by atoms with E-state index in [0.29, 0.717) is 12.2 Å². The van der Waals surface area contributed by atoms with Gasteiger partial charge in [0.1, 0.15) is 0 Å².